The minimum absolute atomic E-state index is 0.208. The largest absolute Gasteiger partial charge is 0.480 e. The highest BCUT2D eigenvalue weighted by Gasteiger charge is 2.23. The summed E-state index contributed by atoms with van der Waals surface area (Å²) in [7, 11) is 0. The van der Waals surface area contributed by atoms with Gasteiger partial charge in [-0.25, -0.2) is 9.59 Å². The summed E-state index contributed by atoms with van der Waals surface area (Å²) in [6.07, 6.45) is 5.25. The van der Waals surface area contributed by atoms with Crippen LogP contribution >= 0.6 is 0 Å². The van der Waals surface area contributed by atoms with Gasteiger partial charge in [0, 0.05) is 11.3 Å². The molecule has 0 aliphatic rings. The van der Waals surface area contributed by atoms with Gasteiger partial charge in [0.1, 0.15) is 6.04 Å². The van der Waals surface area contributed by atoms with E-state index in [1.165, 1.54) is 0 Å². The van der Waals surface area contributed by atoms with Crippen LogP contribution in [-0.4, -0.2) is 23.1 Å². The van der Waals surface area contributed by atoms with Gasteiger partial charge in [-0.3, -0.25) is 0 Å². The van der Waals surface area contributed by atoms with Gasteiger partial charge in [0.05, 0.1) is 0 Å². The number of benzene rings is 1. The predicted octanol–water partition coefficient (Wildman–Crippen LogP) is 1.90. The number of carbonyl (C=O) groups is 2. The van der Waals surface area contributed by atoms with Gasteiger partial charge in [-0.05, 0) is 24.1 Å². The van der Waals surface area contributed by atoms with Crippen molar-refractivity contribution in [3.8, 4) is 12.3 Å². The van der Waals surface area contributed by atoms with Crippen molar-refractivity contribution in [1.29, 1.82) is 0 Å². The number of rotatable bonds is 4. The van der Waals surface area contributed by atoms with Gasteiger partial charge >= 0.3 is 12.0 Å². The van der Waals surface area contributed by atoms with Crippen molar-refractivity contribution < 1.29 is 14.7 Å². The molecule has 1 rings (SSSR count). The average molecular weight is 260 g/mol. The van der Waals surface area contributed by atoms with Crippen LogP contribution in [0, 0.1) is 18.3 Å². The van der Waals surface area contributed by atoms with E-state index in [2.05, 4.69) is 16.6 Å². The molecule has 0 fully saturated rings. The highest BCUT2D eigenvalue weighted by molar-refractivity contribution is 5.92. The maximum absolute atomic E-state index is 11.7. The summed E-state index contributed by atoms with van der Waals surface area (Å²) in [6.45, 7) is 3.44. The van der Waals surface area contributed by atoms with E-state index < -0.39 is 18.0 Å². The highest BCUT2D eigenvalue weighted by Crippen LogP contribution is 2.10. The van der Waals surface area contributed by atoms with Crippen LogP contribution in [0.2, 0.25) is 0 Å². The number of hydrogen-bond acceptors (Lipinski definition) is 2. The zero-order valence-electron chi connectivity index (χ0n) is 10.8. The molecule has 0 heterocycles. The molecule has 0 saturated heterocycles. The van der Waals surface area contributed by atoms with E-state index in [4.69, 9.17) is 11.5 Å². The Morgan fingerprint density at radius 1 is 1.37 bits per heavy atom. The molecular formula is C14H16N2O3. The van der Waals surface area contributed by atoms with Gasteiger partial charge in [0.25, 0.3) is 0 Å². The first-order valence-corrected chi connectivity index (χ1v) is 5.81. The molecule has 0 unspecified atom stereocenters. The highest BCUT2D eigenvalue weighted by atomic mass is 16.4. The Kier molecular flexibility index (Phi) is 4.95. The standard InChI is InChI=1S/C14H16N2O3/c1-4-10-6-5-7-11(8-10)15-14(19)16-12(9(2)3)13(17)18/h1,5-9,12H,2-3H3,(H,17,18)(H2,15,16,19)/t12-/m1/s1. The van der Waals surface area contributed by atoms with Crippen molar-refractivity contribution in [2.45, 2.75) is 19.9 Å². The predicted molar refractivity (Wildman–Crippen MR) is 72.8 cm³/mol. The number of carboxylic acids is 1. The molecule has 0 aromatic heterocycles. The normalized spacial score (nSPS) is 11.5. The Bertz CT molecular complexity index is 518. The Morgan fingerprint density at radius 3 is 2.58 bits per heavy atom. The lowest BCUT2D eigenvalue weighted by Crippen LogP contribution is -2.46. The lowest BCUT2D eigenvalue weighted by atomic mass is 10.1. The molecule has 0 aliphatic carbocycles. The summed E-state index contributed by atoms with van der Waals surface area (Å²) in [5.74, 6) is 1.18. The van der Waals surface area contributed by atoms with Crippen LogP contribution in [0.15, 0.2) is 24.3 Å². The number of hydrogen-bond donors (Lipinski definition) is 3. The number of terminal acetylenes is 1. The Labute approximate surface area is 112 Å². The third-order valence-electron chi connectivity index (χ3n) is 2.51. The van der Waals surface area contributed by atoms with Crippen LogP contribution in [0.25, 0.3) is 0 Å². The second kappa shape index (κ2) is 6.45. The van der Waals surface area contributed by atoms with Gasteiger partial charge in [0.15, 0.2) is 0 Å². The summed E-state index contributed by atoms with van der Waals surface area (Å²) in [6, 6.07) is 5.24. The fourth-order valence-corrected chi connectivity index (χ4v) is 1.51. The molecule has 100 valence electrons. The Balaban J connectivity index is 2.69. The van der Waals surface area contributed by atoms with Crippen LogP contribution in [0.4, 0.5) is 10.5 Å². The van der Waals surface area contributed by atoms with E-state index in [9.17, 15) is 9.59 Å². The molecule has 0 bridgehead atoms. The number of amides is 2. The van der Waals surface area contributed by atoms with E-state index in [1.54, 1.807) is 38.1 Å². The number of carbonyl (C=O) groups excluding carboxylic acids is 1. The van der Waals surface area contributed by atoms with Crippen molar-refractivity contribution in [3.63, 3.8) is 0 Å². The second-order valence-electron chi connectivity index (χ2n) is 4.38. The molecular weight excluding hydrogens is 244 g/mol. The molecule has 0 saturated carbocycles. The van der Waals surface area contributed by atoms with Crippen LogP contribution in [0.5, 0.6) is 0 Å². The van der Waals surface area contributed by atoms with E-state index >= 15 is 0 Å². The molecule has 5 nitrogen and oxygen atoms in total. The maximum Gasteiger partial charge on any atom is 0.326 e. The van der Waals surface area contributed by atoms with Gasteiger partial charge in [-0.2, -0.15) is 0 Å². The molecule has 0 aliphatic heterocycles. The molecule has 1 atom stereocenters. The minimum atomic E-state index is -1.07. The van der Waals surface area contributed by atoms with Crippen molar-refractivity contribution in [1.82, 2.24) is 5.32 Å². The third kappa shape index (κ3) is 4.36. The zero-order valence-corrected chi connectivity index (χ0v) is 10.8. The van der Waals surface area contributed by atoms with Crippen molar-refractivity contribution >= 4 is 17.7 Å². The smallest absolute Gasteiger partial charge is 0.326 e. The van der Waals surface area contributed by atoms with Crippen molar-refractivity contribution in [2.75, 3.05) is 5.32 Å². The third-order valence-corrected chi connectivity index (χ3v) is 2.51. The summed E-state index contributed by atoms with van der Waals surface area (Å²) in [5, 5.41) is 13.9. The van der Waals surface area contributed by atoms with Crippen LogP contribution < -0.4 is 10.6 Å². The first kappa shape index (κ1) is 14.6. The first-order valence-electron chi connectivity index (χ1n) is 5.81. The monoisotopic (exact) mass is 260 g/mol. The Hall–Kier alpha value is -2.48. The van der Waals surface area contributed by atoms with Gasteiger partial charge in [-0.1, -0.05) is 25.8 Å². The molecule has 19 heavy (non-hydrogen) atoms. The average Bonchev–Trinajstić information content (AvgIpc) is 2.35. The summed E-state index contributed by atoms with van der Waals surface area (Å²) >= 11 is 0. The number of aliphatic carboxylic acids is 1. The number of anilines is 1. The van der Waals surface area contributed by atoms with Crippen LogP contribution in [0.1, 0.15) is 19.4 Å². The summed E-state index contributed by atoms with van der Waals surface area (Å²) < 4.78 is 0. The first-order chi connectivity index (χ1) is 8.93. The van der Waals surface area contributed by atoms with Crippen molar-refractivity contribution in [2.24, 2.45) is 5.92 Å². The quantitative estimate of drug-likeness (QED) is 0.723. The van der Waals surface area contributed by atoms with E-state index in [1.807, 2.05) is 0 Å². The van der Waals surface area contributed by atoms with Gasteiger partial charge in [-0.15, -0.1) is 6.42 Å². The SMILES string of the molecule is C#Cc1cccc(NC(=O)N[C@@H](C(=O)O)C(C)C)c1. The summed E-state index contributed by atoms with van der Waals surface area (Å²) in [4.78, 5) is 22.7. The molecule has 1 aromatic rings. The fraction of sp³-hybridized carbons (Fsp3) is 0.286. The topological polar surface area (TPSA) is 78.4 Å². The molecule has 3 N–H and O–H groups in total. The van der Waals surface area contributed by atoms with E-state index in [0.717, 1.165) is 0 Å². The lowest BCUT2D eigenvalue weighted by molar-refractivity contribution is -0.140. The van der Waals surface area contributed by atoms with Crippen molar-refractivity contribution in [3.05, 3.63) is 29.8 Å². The zero-order chi connectivity index (χ0) is 14.4. The van der Waals surface area contributed by atoms with Crippen LogP contribution in [-0.2, 0) is 4.79 Å². The summed E-state index contributed by atoms with van der Waals surface area (Å²) in [5.41, 5.74) is 1.15. The number of nitrogens with one attached hydrogen (secondary N) is 2. The molecule has 1 aromatic carbocycles. The molecule has 5 heteroatoms. The number of carboxylic acid groups (broad SMARTS) is 1. The van der Waals surface area contributed by atoms with E-state index in [0.29, 0.717) is 11.3 Å². The van der Waals surface area contributed by atoms with E-state index in [-0.39, 0.29) is 5.92 Å². The van der Waals surface area contributed by atoms with Gasteiger partial charge in [0.2, 0.25) is 0 Å². The molecule has 0 radical (unpaired) electrons. The Morgan fingerprint density at radius 2 is 2.05 bits per heavy atom. The molecule has 0 spiro atoms. The maximum atomic E-state index is 11.7. The second-order valence-corrected chi connectivity index (χ2v) is 4.38. The molecule has 2 amide bonds. The van der Waals surface area contributed by atoms with Crippen LogP contribution in [0.3, 0.4) is 0 Å². The van der Waals surface area contributed by atoms with Gasteiger partial charge < -0.3 is 15.7 Å². The lowest BCUT2D eigenvalue weighted by Gasteiger charge is -2.18. The number of urea groups is 1. The minimum Gasteiger partial charge on any atom is -0.480 e. The fourth-order valence-electron chi connectivity index (χ4n) is 1.51.